The molecule has 0 spiro atoms. The second kappa shape index (κ2) is 5.80. The lowest BCUT2D eigenvalue weighted by Crippen LogP contribution is -2.26. The number of rotatable bonds is 3. The molecule has 2 aromatic rings. The summed E-state index contributed by atoms with van der Waals surface area (Å²) in [5.74, 6) is 0.585. The van der Waals surface area contributed by atoms with Crippen molar-refractivity contribution in [2.24, 2.45) is 0 Å². The fourth-order valence-corrected chi connectivity index (χ4v) is 1.96. The number of benzene rings is 2. The third-order valence-electron chi connectivity index (χ3n) is 2.87. The summed E-state index contributed by atoms with van der Waals surface area (Å²) in [6, 6.07) is 14.5. The van der Waals surface area contributed by atoms with Gasteiger partial charge in [0, 0.05) is 17.5 Å². The van der Waals surface area contributed by atoms with Gasteiger partial charge in [0.15, 0.2) is 0 Å². The molecule has 0 unspecified atom stereocenters. The average molecular weight is 273 g/mol. The van der Waals surface area contributed by atoms with Crippen LogP contribution in [0.3, 0.4) is 0 Å². The van der Waals surface area contributed by atoms with Gasteiger partial charge in [0.2, 0.25) is 0 Å². The van der Waals surface area contributed by atoms with Gasteiger partial charge in [-0.3, -0.25) is 4.79 Å². The zero-order chi connectivity index (χ0) is 13.8. The molecule has 0 aromatic heterocycles. The number of hydrogen-bond acceptors (Lipinski definition) is 3. The van der Waals surface area contributed by atoms with Crippen molar-refractivity contribution in [2.75, 3.05) is 19.1 Å². The van der Waals surface area contributed by atoms with E-state index in [4.69, 9.17) is 4.74 Å². The highest BCUT2D eigenvalue weighted by Gasteiger charge is 2.16. The van der Waals surface area contributed by atoms with E-state index in [1.807, 2.05) is 24.3 Å². The summed E-state index contributed by atoms with van der Waals surface area (Å²) < 4.78 is 5.27. The Kier molecular flexibility index (Phi) is 4.12. The molecular weight excluding hydrogens is 258 g/mol. The Morgan fingerprint density at radius 2 is 1.74 bits per heavy atom. The summed E-state index contributed by atoms with van der Waals surface area (Å²) in [6.07, 6.45) is 0. The van der Waals surface area contributed by atoms with Crippen LogP contribution in [0.15, 0.2) is 53.4 Å². The molecule has 1 amide bonds. The minimum atomic E-state index is -0.0853. The van der Waals surface area contributed by atoms with Crippen LogP contribution in [0.2, 0.25) is 0 Å². The molecule has 3 nitrogen and oxygen atoms in total. The molecule has 0 atom stereocenters. The summed E-state index contributed by atoms with van der Waals surface area (Å²) in [5.41, 5.74) is 1.36. The zero-order valence-corrected chi connectivity index (χ0v) is 11.7. The van der Waals surface area contributed by atoms with Gasteiger partial charge in [-0.15, -0.1) is 12.6 Å². The van der Waals surface area contributed by atoms with E-state index < -0.39 is 0 Å². The fraction of sp³-hybridized carbons (Fsp3) is 0.133. The Balaban J connectivity index is 2.30. The number of carbonyl (C=O) groups is 1. The summed E-state index contributed by atoms with van der Waals surface area (Å²) >= 11 is 4.21. The van der Waals surface area contributed by atoms with E-state index in [1.54, 1.807) is 43.3 Å². The highest BCUT2D eigenvalue weighted by atomic mass is 32.1. The molecule has 0 fully saturated rings. The monoisotopic (exact) mass is 273 g/mol. The van der Waals surface area contributed by atoms with Crippen LogP contribution in [-0.2, 0) is 0 Å². The lowest BCUT2D eigenvalue weighted by Gasteiger charge is -2.20. The Hall–Kier alpha value is -1.94. The SMILES string of the molecule is COc1ccccc1N(C)C(=O)c1ccc(S)cc1. The molecule has 0 radical (unpaired) electrons. The molecular formula is C15H15NO2S. The molecule has 0 bridgehead atoms. The number of hydrogen-bond donors (Lipinski definition) is 1. The van der Waals surface area contributed by atoms with Gasteiger partial charge in [-0.1, -0.05) is 12.1 Å². The van der Waals surface area contributed by atoms with Gasteiger partial charge in [-0.2, -0.15) is 0 Å². The first kappa shape index (κ1) is 13.5. The van der Waals surface area contributed by atoms with E-state index in [-0.39, 0.29) is 5.91 Å². The number of ether oxygens (including phenoxy) is 1. The predicted octanol–water partition coefficient (Wildman–Crippen LogP) is 3.26. The molecule has 4 heteroatoms. The first-order valence-corrected chi connectivity index (χ1v) is 6.28. The molecule has 0 saturated heterocycles. The standard InChI is InChI=1S/C15H15NO2S/c1-16(13-5-3-4-6-14(13)18-2)15(17)11-7-9-12(19)10-8-11/h3-10,19H,1-2H3. The van der Waals surface area contributed by atoms with E-state index in [0.717, 1.165) is 10.6 Å². The highest BCUT2D eigenvalue weighted by molar-refractivity contribution is 7.80. The predicted molar refractivity (Wildman–Crippen MR) is 79.4 cm³/mol. The molecule has 0 aliphatic carbocycles. The maximum Gasteiger partial charge on any atom is 0.258 e. The second-order valence-corrected chi connectivity index (χ2v) is 4.60. The van der Waals surface area contributed by atoms with Gasteiger partial charge in [-0.25, -0.2) is 0 Å². The van der Waals surface area contributed by atoms with Gasteiger partial charge in [0.05, 0.1) is 12.8 Å². The maximum absolute atomic E-state index is 12.4. The summed E-state index contributed by atoms with van der Waals surface area (Å²) in [6.45, 7) is 0. The van der Waals surface area contributed by atoms with Crippen LogP contribution in [0.4, 0.5) is 5.69 Å². The average Bonchev–Trinajstić information content (AvgIpc) is 2.46. The molecule has 0 aliphatic rings. The molecule has 19 heavy (non-hydrogen) atoms. The quantitative estimate of drug-likeness (QED) is 0.870. The minimum absolute atomic E-state index is 0.0853. The van der Waals surface area contributed by atoms with Crippen LogP contribution >= 0.6 is 12.6 Å². The molecule has 0 saturated carbocycles. The van der Waals surface area contributed by atoms with Crippen molar-refractivity contribution in [3.63, 3.8) is 0 Å². The van der Waals surface area contributed by atoms with E-state index in [9.17, 15) is 4.79 Å². The Labute approximate surface area is 118 Å². The van der Waals surface area contributed by atoms with Crippen molar-refractivity contribution in [3.05, 3.63) is 54.1 Å². The van der Waals surface area contributed by atoms with Gasteiger partial charge < -0.3 is 9.64 Å². The largest absolute Gasteiger partial charge is 0.495 e. The lowest BCUT2D eigenvalue weighted by atomic mass is 10.2. The van der Waals surface area contributed by atoms with Crippen LogP contribution in [0.25, 0.3) is 0 Å². The number of methoxy groups -OCH3 is 1. The molecule has 0 aliphatic heterocycles. The van der Waals surface area contributed by atoms with E-state index in [0.29, 0.717) is 11.3 Å². The van der Waals surface area contributed by atoms with Crippen LogP contribution in [-0.4, -0.2) is 20.1 Å². The topological polar surface area (TPSA) is 29.5 Å². The Bertz CT molecular complexity index is 581. The van der Waals surface area contributed by atoms with Crippen LogP contribution in [0, 0.1) is 0 Å². The summed E-state index contributed by atoms with van der Waals surface area (Å²) in [4.78, 5) is 14.8. The normalized spacial score (nSPS) is 10.1. The Morgan fingerprint density at radius 3 is 2.37 bits per heavy atom. The molecule has 2 aromatic carbocycles. The van der Waals surface area contributed by atoms with Gasteiger partial charge in [0.1, 0.15) is 5.75 Å². The van der Waals surface area contributed by atoms with Crippen molar-refractivity contribution in [1.82, 2.24) is 0 Å². The van der Waals surface area contributed by atoms with Crippen molar-refractivity contribution < 1.29 is 9.53 Å². The summed E-state index contributed by atoms with van der Waals surface area (Å²) in [5, 5.41) is 0. The van der Waals surface area contributed by atoms with Crippen LogP contribution < -0.4 is 9.64 Å². The zero-order valence-electron chi connectivity index (χ0n) is 10.8. The Morgan fingerprint density at radius 1 is 1.11 bits per heavy atom. The molecule has 0 N–H and O–H groups in total. The minimum Gasteiger partial charge on any atom is -0.495 e. The van der Waals surface area contributed by atoms with Gasteiger partial charge >= 0.3 is 0 Å². The number of amides is 1. The van der Waals surface area contributed by atoms with Crippen molar-refractivity contribution in [3.8, 4) is 5.75 Å². The number of para-hydroxylation sites is 2. The number of thiol groups is 1. The van der Waals surface area contributed by atoms with E-state index >= 15 is 0 Å². The maximum atomic E-state index is 12.4. The fourth-order valence-electron chi connectivity index (χ4n) is 1.81. The number of carbonyl (C=O) groups excluding carboxylic acids is 1. The smallest absolute Gasteiger partial charge is 0.258 e. The molecule has 2 rings (SSSR count). The van der Waals surface area contributed by atoms with E-state index in [1.165, 1.54) is 0 Å². The number of nitrogens with zero attached hydrogens (tertiary/aromatic N) is 1. The van der Waals surface area contributed by atoms with E-state index in [2.05, 4.69) is 12.6 Å². The van der Waals surface area contributed by atoms with Crippen molar-refractivity contribution >= 4 is 24.2 Å². The first-order valence-electron chi connectivity index (χ1n) is 5.83. The molecule has 0 heterocycles. The van der Waals surface area contributed by atoms with Gasteiger partial charge in [-0.05, 0) is 36.4 Å². The van der Waals surface area contributed by atoms with Crippen molar-refractivity contribution in [2.45, 2.75) is 4.90 Å². The third kappa shape index (κ3) is 2.90. The van der Waals surface area contributed by atoms with Crippen molar-refractivity contribution in [1.29, 1.82) is 0 Å². The van der Waals surface area contributed by atoms with Crippen LogP contribution in [0.5, 0.6) is 5.75 Å². The summed E-state index contributed by atoms with van der Waals surface area (Å²) in [7, 11) is 3.32. The lowest BCUT2D eigenvalue weighted by molar-refractivity contribution is 0.0992. The van der Waals surface area contributed by atoms with Crippen LogP contribution in [0.1, 0.15) is 10.4 Å². The van der Waals surface area contributed by atoms with Gasteiger partial charge in [0.25, 0.3) is 5.91 Å². The number of anilines is 1. The molecule has 98 valence electrons. The third-order valence-corrected chi connectivity index (χ3v) is 3.16. The second-order valence-electron chi connectivity index (χ2n) is 4.08. The highest BCUT2D eigenvalue weighted by Crippen LogP contribution is 2.27. The first-order chi connectivity index (χ1) is 9.13.